The number of benzene rings is 4. The van der Waals surface area contributed by atoms with Crippen molar-refractivity contribution in [1.29, 1.82) is 0 Å². The Kier molecular flexibility index (Phi) is 8.07. The van der Waals surface area contributed by atoms with Crippen LogP contribution >= 0.6 is 0 Å². The van der Waals surface area contributed by atoms with Crippen molar-refractivity contribution in [2.75, 3.05) is 32.6 Å². The minimum Gasteiger partial charge on any atom is -0.493 e. The van der Waals surface area contributed by atoms with E-state index in [0.717, 1.165) is 43.0 Å². The van der Waals surface area contributed by atoms with Crippen LogP contribution in [-0.4, -0.2) is 38.2 Å². The number of hydrogen-bond acceptors (Lipinski definition) is 5. The van der Waals surface area contributed by atoms with Gasteiger partial charge in [-0.1, -0.05) is 30.3 Å². The van der Waals surface area contributed by atoms with Crippen molar-refractivity contribution in [3.05, 3.63) is 112 Å². The van der Waals surface area contributed by atoms with Gasteiger partial charge in [-0.25, -0.2) is 4.39 Å². The van der Waals surface area contributed by atoms with Crippen LogP contribution in [0.1, 0.15) is 21.5 Å². The molecular weight excluding hydrogens is 509 g/mol. The lowest BCUT2D eigenvalue weighted by molar-refractivity contribution is 0.102. The number of rotatable bonds is 10. The molecule has 0 bridgehead atoms. The maximum absolute atomic E-state index is 14.4. The minimum atomic E-state index is -0.544. The standard InChI is InChI=1S/C32H30FN3O4/c1-39-27-14-11-21(19-28(27)40-2)16-18-34-17-15-20-9-12-22(13-10-20)35-32(38)25-7-3-5-23-29(25)36-30-24(31(23)37)6-4-8-26(30)33/h3-14,19,34H,15-18H2,1-2H3,(H,35,38)(H,36,37). The largest absolute Gasteiger partial charge is 0.493 e. The molecule has 1 amide bonds. The zero-order valence-corrected chi connectivity index (χ0v) is 22.3. The number of para-hydroxylation sites is 2. The van der Waals surface area contributed by atoms with Crippen molar-refractivity contribution in [1.82, 2.24) is 10.3 Å². The number of nitrogens with one attached hydrogen (secondary N) is 3. The molecule has 0 atom stereocenters. The van der Waals surface area contributed by atoms with Gasteiger partial charge in [0.05, 0.1) is 30.8 Å². The Morgan fingerprint density at radius 3 is 2.17 bits per heavy atom. The van der Waals surface area contributed by atoms with Crippen LogP contribution in [0, 0.1) is 5.82 Å². The fourth-order valence-electron chi connectivity index (χ4n) is 4.76. The van der Waals surface area contributed by atoms with Gasteiger partial charge in [-0.15, -0.1) is 0 Å². The summed E-state index contributed by atoms with van der Waals surface area (Å²) in [6.07, 6.45) is 1.70. The van der Waals surface area contributed by atoms with Crippen LogP contribution < -0.4 is 25.5 Å². The molecule has 7 nitrogen and oxygen atoms in total. The number of carbonyl (C=O) groups excluding carboxylic acids is 1. The monoisotopic (exact) mass is 539 g/mol. The normalized spacial score (nSPS) is 11.1. The van der Waals surface area contributed by atoms with Crippen LogP contribution in [0.15, 0.2) is 83.7 Å². The van der Waals surface area contributed by atoms with Gasteiger partial charge in [0.25, 0.3) is 5.91 Å². The summed E-state index contributed by atoms with van der Waals surface area (Å²) in [5, 5.41) is 6.92. The summed E-state index contributed by atoms with van der Waals surface area (Å²) in [7, 11) is 3.25. The highest BCUT2D eigenvalue weighted by Crippen LogP contribution is 2.27. The number of methoxy groups -OCH3 is 2. The van der Waals surface area contributed by atoms with Gasteiger partial charge in [-0.3, -0.25) is 9.59 Å². The Labute approximate surface area is 230 Å². The molecule has 204 valence electrons. The SMILES string of the molecule is COc1ccc(CCNCCc2ccc(NC(=O)c3cccc4c(=O)c5cccc(F)c5[nH]c34)cc2)cc1OC. The number of carbonyl (C=O) groups is 1. The number of ether oxygens (including phenoxy) is 2. The summed E-state index contributed by atoms with van der Waals surface area (Å²) < 4.78 is 25.0. The van der Waals surface area contributed by atoms with E-state index in [1.807, 2.05) is 42.5 Å². The van der Waals surface area contributed by atoms with Gasteiger partial charge in [0.2, 0.25) is 0 Å². The van der Waals surface area contributed by atoms with Gasteiger partial charge in [-0.2, -0.15) is 0 Å². The molecule has 0 aliphatic heterocycles. The van der Waals surface area contributed by atoms with Crippen molar-refractivity contribution in [2.24, 2.45) is 0 Å². The van der Waals surface area contributed by atoms with Gasteiger partial charge in [-0.05, 0) is 85.6 Å². The van der Waals surface area contributed by atoms with E-state index in [2.05, 4.69) is 15.6 Å². The molecule has 0 saturated carbocycles. The molecule has 0 radical (unpaired) electrons. The third-order valence-corrected chi connectivity index (χ3v) is 6.90. The summed E-state index contributed by atoms with van der Waals surface area (Å²) in [5.74, 6) is 0.512. The van der Waals surface area contributed by atoms with E-state index in [9.17, 15) is 14.0 Å². The van der Waals surface area contributed by atoms with E-state index in [4.69, 9.17) is 9.47 Å². The van der Waals surface area contributed by atoms with Gasteiger partial charge in [0.15, 0.2) is 16.9 Å². The Morgan fingerprint density at radius 1 is 0.800 bits per heavy atom. The predicted octanol–water partition coefficient (Wildman–Crippen LogP) is 5.46. The topological polar surface area (TPSA) is 92.5 Å². The average Bonchev–Trinajstić information content (AvgIpc) is 2.98. The average molecular weight is 540 g/mol. The molecule has 3 N–H and O–H groups in total. The highest BCUT2D eigenvalue weighted by atomic mass is 19.1. The van der Waals surface area contributed by atoms with Crippen molar-refractivity contribution >= 4 is 33.4 Å². The van der Waals surface area contributed by atoms with E-state index in [1.165, 1.54) is 17.7 Å². The fraction of sp³-hybridized carbons (Fsp3) is 0.188. The number of halogens is 1. The minimum absolute atomic E-state index is 0.0851. The highest BCUT2D eigenvalue weighted by Gasteiger charge is 2.15. The third kappa shape index (κ3) is 5.67. The van der Waals surface area contributed by atoms with E-state index < -0.39 is 5.82 Å². The lowest BCUT2D eigenvalue weighted by Gasteiger charge is -2.11. The summed E-state index contributed by atoms with van der Waals surface area (Å²) in [5.41, 5.74) is 3.26. The number of pyridine rings is 1. The number of fused-ring (bicyclic) bond motifs is 2. The zero-order chi connectivity index (χ0) is 28.1. The van der Waals surface area contributed by atoms with Gasteiger partial charge in [0.1, 0.15) is 5.82 Å². The Bertz CT molecular complexity index is 1730. The number of aromatic nitrogens is 1. The number of aromatic amines is 1. The second-order valence-electron chi connectivity index (χ2n) is 9.44. The van der Waals surface area contributed by atoms with Crippen LogP contribution in [0.2, 0.25) is 0 Å². The van der Waals surface area contributed by atoms with Crippen LogP contribution in [0.4, 0.5) is 10.1 Å². The molecular formula is C32H30FN3O4. The molecule has 0 unspecified atom stereocenters. The fourth-order valence-corrected chi connectivity index (χ4v) is 4.76. The number of hydrogen-bond donors (Lipinski definition) is 3. The Hall–Kier alpha value is -4.69. The molecule has 1 aromatic heterocycles. The van der Waals surface area contributed by atoms with Crippen LogP contribution in [0.25, 0.3) is 21.8 Å². The molecule has 4 aromatic carbocycles. The summed E-state index contributed by atoms with van der Waals surface area (Å²) in [6.45, 7) is 1.64. The molecule has 8 heteroatoms. The van der Waals surface area contributed by atoms with Gasteiger partial charge < -0.3 is 25.1 Å². The molecule has 0 fully saturated rings. The second kappa shape index (κ2) is 12.0. The first-order chi connectivity index (χ1) is 19.5. The smallest absolute Gasteiger partial charge is 0.257 e. The lowest BCUT2D eigenvalue weighted by atomic mass is 10.1. The quantitative estimate of drug-likeness (QED) is 0.162. The molecule has 40 heavy (non-hydrogen) atoms. The van der Waals surface area contributed by atoms with Crippen LogP contribution in [0.5, 0.6) is 11.5 Å². The maximum Gasteiger partial charge on any atom is 0.257 e. The number of anilines is 1. The lowest BCUT2D eigenvalue weighted by Crippen LogP contribution is -2.20. The van der Waals surface area contributed by atoms with Crippen molar-refractivity contribution in [2.45, 2.75) is 12.8 Å². The van der Waals surface area contributed by atoms with Gasteiger partial charge >= 0.3 is 0 Å². The first-order valence-corrected chi connectivity index (χ1v) is 13.0. The molecule has 0 aliphatic rings. The van der Waals surface area contributed by atoms with Crippen molar-refractivity contribution in [3.8, 4) is 11.5 Å². The molecule has 0 spiro atoms. The van der Waals surface area contributed by atoms with Crippen molar-refractivity contribution in [3.63, 3.8) is 0 Å². The number of amides is 1. The highest BCUT2D eigenvalue weighted by molar-refractivity contribution is 6.13. The van der Waals surface area contributed by atoms with E-state index >= 15 is 0 Å². The molecule has 1 heterocycles. The van der Waals surface area contributed by atoms with Crippen molar-refractivity contribution < 1.29 is 18.7 Å². The number of H-pyrrole nitrogens is 1. The maximum atomic E-state index is 14.4. The second-order valence-corrected chi connectivity index (χ2v) is 9.44. The third-order valence-electron chi connectivity index (χ3n) is 6.90. The first-order valence-electron chi connectivity index (χ1n) is 13.0. The molecule has 0 aliphatic carbocycles. The summed E-state index contributed by atoms with van der Waals surface area (Å²) in [4.78, 5) is 29.0. The van der Waals surface area contributed by atoms with E-state index in [-0.39, 0.29) is 27.8 Å². The first kappa shape index (κ1) is 26.9. The molecule has 5 aromatic rings. The van der Waals surface area contributed by atoms with Crippen LogP contribution in [0.3, 0.4) is 0 Å². The van der Waals surface area contributed by atoms with E-state index in [0.29, 0.717) is 16.6 Å². The predicted molar refractivity (Wildman–Crippen MR) is 156 cm³/mol. The summed E-state index contributed by atoms with van der Waals surface area (Å²) >= 11 is 0. The Balaban J connectivity index is 1.18. The zero-order valence-electron chi connectivity index (χ0n) is 22.3. The summed E-state index contributed by atoms with van der Waals surface area (Å²) in [6, 6.07) is 22.8. The molecule has 5 rings (SSSR count). The molecule has 0 saturated heterocycles. The van der Waals surface area contributed by atoms with Gasteiger partial charge in [0, 0.05) is 16.5 Å². The Morgan fingerprint density at radius 2 is 1.45 bits per heavy atom. The van der Waals surface area contributed by atoms with E-state index in [1.54, 1.807) is 38.5 Å². The van der Waals surface area contributed by atoms with Crippen LogP contribution in [-0.2, 0) is 12.8 Å².